The van der Waals surface area contributed by atoms with Gasteiger partial charge >= 0.3 is 0 Å². The van der Waals surface area contributed by atoms with Gasteiger partial charge in [0.1, 0.15) is 5.70 Å². The average molecular weight is 313 g/mol. The predicted molar refractivity (Wildman–Crippen MR) is 84.9 cm³/mol. The highest BCUT2D eigenvalue weighted by atomic mass is 16.3. The number of carbonyl (C=O) groups is 1. The molecule has 3 rings (SSSR count). The molecule has 7 nitrogen and oxygen atoms in total. The molecule has 0 bridgehead atoms. The zero-order chi connectivity index (χ0) is 16.3. The third-order valence-electron chi connectivity index (χ3n) is 4.11. The minimum Gasteiger partial charge on any atom is -0.396 e. The lowest BCUT2D eigenvalue weighted by Crippen LogP contribution is -2.34. The van der Waals surface area contributed by atoms with E-state index in [-0.39, 0.29) is 17.9 Å². The SMILES string of the molecule is Cc1nnnn1/C(=C/c1ccccc1)C(=O)NCC1(CO)CC1. The lowest BCUT2D eigenvalue weighted by molar-refractivity contribution is -0.116. The minimum absolute atomic E-state index is 0.0922. The first-order chi connectivity index (χ1) is 11.1. The van der Waals surface area contributed by atoms with Crippen LogP contribution in [-0.4, -0.2) is 44.4 Å². The predicted octanol–water partition coefficient (Wildman–Crippen LogP) is 0.868. The molecule has 0 saturated heterocycles. The number of nitrogens with zero attached hydrogens (tertiary/aromatic N) is 4. The molecule has 1 aromatic carbocycles. The Morgan fingerprint density at radius 3 is 2.70 bits per heavy atom. The van der Waals surface area contributed by atoms with E-state index in [1.54, 1.807) is 13.0 Å². The number of rotatable bonds is 6. The second kappa shape index (κ2) is 6.29. The van der Waals surface area contributed by atoms with Crippen LogP contribution in [0.15, 0.2) is 30.3 Å². The second-order valence-corrected chi connectivity index (χ2v) is 5.92. The molecule has 7 heteroatoms. The Hall–Kier alpha value is -2.54. The van der Waals surface area contributed by atoms with Crippen molar-refractivity contribution in [1.82, 2.24) is 25.5 Å². The second-order valence-electron chi connectivity index (χ2n) is 5.92. The van der Waals surface area contributed by atoms with Gasteiger partial charge in [-0.15, -0.1) is 5.10 Å². The van der Waals surface area contributed by atoms with E-state index in [1.165, 1.54) is 4.68 Å². The number of aryl methyl sites for hydroxylation is 1. The summed E-state index contributed by atoms with van der Waals surface area (Å²) in [5.74, 6) is 0.273. The molecule has 0 atom stereocenters. The highest BCUT2D eigenvalue weighted by Gasteiger charge is 2.42. The maximum absolute atomic E-state index is 12.6. The number of nitrogens with one attached hydrogen (secondary N) is 1. The molecular weight excluding hydrogens is 294 g/mol. The molecule has 1 saturated carbocycles. The van der Waals surface area contributed by atoms with Crippen molar-refractivity contribution in [3.05, 3.63) is 41.7 Å². The van der Waals surface area contributed by atoms with Gasteiger partial charge in [-0.2, -0.15) is 4.68 Å². The van der Waals surface area contributed by atoms with E-state index in [0.717, 1.165) is 18.4 Å². The van der Waals surface area contributed by atoms with Crippen molar-refractivity contribution in [2.24, 2.45) is 5.41 Å². The lowest BCUT2D eigenvalue weighted by Gasteiger charge is -2.14. The van der Waals surface area contributed by atoms with E-state index in [0.29, 0.717) is 18.1 Å². The molecule has 0 unspecified atom stereocenters. The highest BCUT2D eigenvalue weighted by Crippen LogP contribution is 2.44. The van der Waals surface area contributed by atoms with Crippen LogP contribution in [0.1, 0.15) is 24.2 Å². The Bertz CT molecular complexity index is 719. The standard InChI is InChI=1S/C16H19N5O2/c1-12-18-19-20-21(12)14(9-13-5-3-2-4-6-13)15(23)17-10-16(11-22)7-8-16/h2-6,9,22H,7-8,10-11H2,1H3,(H,17,23)/b14-9+. The number of aliphatic hydroxyl groups is 1. The molecule has 2 N–H and O–H groups in total. The summed E-state index contributed by atoms with van der Waals surface area (Å²) < 4.78 is 1.42. The smallest absolute Gasteiger partial charge is 0.270 e. The van der Waals surface area contributed by atoms with Crippen LogP contribution in [0, 0.1) is 12.3 Å². The number of benzene rings is 1. The Morgan fingerprint density at radius 1 is 1.39 bits per heavy atom. The summed E-state index contributed by atoms with van der Waals surface area (Å²) in [4.78, 5) is 12.6. The summed E-state index contributed by atoms with van der Waals surface area (Å²) in [5, 5.41) is 23.6. The zero-order valence-corrected chi connectivity index (χ0v) is 12.9. The summed E-state index contributed by atoms with van der Waals surface area (Å²) in [6, 6.07) is 9.53. The van der Waals surface area contributed by atoms with Crippen LogP contribution < -0.4 is 5.32 Å². The highest BCUT2D eigenvalue weighted by molar-refractivity contribution is 6.18. The van der Waals surface area contributed by atoms with Gasteiger partial charge in [-0.3, -0.25) is 4.79 Å². The van der Waals surface area contributed by atoms with E-state index in [2.05, 4.69) is 20.8 Å². The number of hydrogen-bond donors (Lipinski definition) is 2. The molecule has 1 heterocycles. The molecule has 1 aliphatic rings. The van der Waals surface area contributed by atoms with Crippen LogP contribution >= 0.6 is 0 Å². The lowest BCUT2D eigenvalue weighted by atomic mass is 10.1. The fraction of sp³-hybridized carbons (Fsp3) is 0.375. The molecule has 1 fully saturated rings. The molecular formula is C16H19N5O2. The van der Waals surface area contributed by atoms with Crippen molar-refractivity contribution in [1.29, 1.82) is 0 Å². The van der Waals surface area contributed by atoms with Gasteiger partial charge in [0.2, 0.25) is 0 Å². The van der Waals surface area contributed by atoms with Gasteiger partial charge in [0.15, 0.2) is 5.82 Å². The maximum atomic E-state index is 12.6. The van der Waals surface area contributed by atoms with Gasteiger partial charge < -0.3 is 10.4 Å². The van der Waals surface area contributed by atoms with Crippen molar-refractivity contribution in [2.45, 2.75) is 19.8 Å². The Kier molecular flexibility index (Phi) is 4.20. The first kappa shape index (κ1) is 15.4. The summed E-state index contributed by atoms with van der Waals surface area (Å²) in [6.45, 7) is 2.28. The van der Waals surface area contributed by atoms with Crippen molar-refractivity contribution in [2.75, 3.05) is 13.2 Å². The summed E-state index contributed by atoms with van der Waals surface area (Å²) in [6.07, 6.45) is 3.62. The molecule has 2 aromatic rings. The summed E-state index contributed by atoms with van der Waals surface area (Å²) in [5.41, 5.74) is 1.09. The molecule has 120 valence electrons. The third-order valence-corrected chi connectivity index (χ3v) is 4.11. The van der Waals surface area contributed by atoms with E-state index in [9.17, 15) is 9.90 Å². The Morgan fingerprint density at radius 2 is 2.13 bits per heavy atom. The van der Waals surface area contributed by atoms with Crippen LogP contribution in [0.5, 0.6) is 0 Å². The van der Waals surface area contributed by atoms with Gasteiger partial charge in [0.05, 0.1) is 6.61 Å². The number of carbonyl (C=O) groups excluding carboxylic acids is 1. The monoisotopic (exact) mass is 313 g/mol. The summed E-state index contributed by atoms with van der Waals surface area (Å²) in [7, 11) is 0. The van der Waals surface area contributed by atoms with Crippen molar-refractivity contribution in [3.63, 3.8) is 0 Å². The molecule has 1 aliphatic carbocycles. The summed E-state index contributed by atoms with van der Waals surface area (Å²) >= 11 is 0. The Labute approximate surface area is 134 Å². The topological polar surface area (TPSA) is 92.9 Å². The van der Waals surface area contributed by atoms with Gasteiger partial charge in [0.25, 0.3) is 5.91 Å². The number of hydrogen-bond acceptors (Lipinski definition) is 5. The van der Waals surface area contributed by atoms with E-state index in [1.807, 2.05) is 30.3 Å². The quantitative estimate of drug-likeness (QED) is 0.772. The van der Waals surface area contributed by atoms with E-state index in [4.69, 9.17) is 0 Å². The largest absolute Gasteiger partial charge is 0.396 e. The number of aliphatic hydroxyl groups excluding tert-OH is 1. The van der Waals surface area contributed by atoms with Crippen LogP contribution in [-0.2, 0) is 4.79 Å². The molecule has 1 aromatic heterocycles. The van der Waals surface area contributed by atoms with Crippen LogP contribution in [0.3, 0.4) is 0 Å². The van der Waals surface area contributed by atoms with Crippen LogP contribution in [0.4, 0.5) is 0 Å². The molecule has 0 radical (unpaired) electrons. The molecule has 23 heavy (non-hydrogen) atoms. The van der Waals surface area contributed by atoms with Crippen LogP contribution in [0.25, 0.3) is 11.8 Å². The Balaban J connectivity index is 1.85. The zero-order valence-electron chi connectivity index (χ0n) is 12.9. The first-order valence-electron chi connectivity index (χ1n) is 7.55. The molecule has 0 aliphatic heterocycles. The third kappa shape index (κ3) is 3.45. The fourth-order valence-corrected chi connectivity index (χ4v) is 2.31. The van der Waals surface area contributed by atoms with Gasteiger partial charge in [-0.25, -0.2) is 0 Å². The molecule has 0 spiro atoms. The normalized spacial score (nSPS) is 16.2. The number of tetrazole rings is 1. The number of amides is 1. The minimum atomic E-state index is -0.260. The first-order valence-corrected chi connectivity index (χ1v) is 7.55. The molecule has 1 amide bonds. The van der Waals surface area contributed by atoms with Gasteiger partial charge in [-0.1, -0.05) is 30.3 Å². The van der Waals surface area contributed by atoms with Crippen molar-refractivity contribution >= 4 is 17.7 Å². The van der Waals surface area contributed by atoms with Gasteiger partial charge in [-0.05, 0) is 41.8 Å². The van der Waals surface area contributed by atoms with Crippen molar-refractivity contribution < 1.29 is 9.90 Å². The van der Waals surface area contributed by atoms with Crippen molar-refractivity contribution in [3.8, 4) is 0 Å². The maximum Gasteiger partial charge on any atom is 0.270 e. The average Bonchev–Trinajstić information content (AvgIpc) is 3.25. The van der Waals surface area contributed by atoms with Gasteiger partial charge in [0, 0.05) is 12.0 Å². The fourth-order valence-electron chi connectivity index (χ4n) is 2.31. The van der Waals surface area contributed by atoms with E-state index < -0.39 is 0 Å². The van der Waals surface area contributed by atoms with E-state index >= 15 is 0 Å². The van der Waals surface area contributed by atoms with Crippen LogP contribution in [0.2, 0.25) is 0 Å². The number of aromatic nitrogens is 4.